The minimum absolute atomic E-state index is 0.606. The van der Waals surface area contributed by atoms with Gasteiger partial charge in [-0.3, -0.25) is 0 Å². The second-order valence-electron chi connectivity index (χ2n) is 37.2. The summed E-state index contributed by atoms with van der Waals surface area (Å²) < 4.78 is 26.5. The van der Waals surface area contributed by atoms with Gasteiger partial charge in [0.1, 0.15) is 33.5 Å². The number of benzene rings is 21. The molecule has 0 saturated heterocycles. The van der Waals surface area contributed by atoms with Gasteiger partial charge in [0.15, 0.2) is 52.4 Å². The predicted octanol–water partition coefficient (Wildman–Crippen LogP) is 37.4. The summed E-state index contributed by atoms with van der Waals surface area (Å²) in [6.07, 6.45) is 0. The van der Waals surface area contributed by atoms with Crippen LogP contribution in [0.25, 0.3) is 296 Å². The molecule has 21 aromatic carbocycles. The third-order valence-corrected chi connectivity index (χ3v) is 31.7. The van der Waals surface area contributed by atoms with Gasteiger partial charge in [0.25, 0.3) is 0 Å². The normalized spacial score (nSPS) is 11.6. The molecule has 0 aliphatic carbocycles. The quantitative estimate of drug-likeness (QED) is 0.0959. The molecule has 0 aliphatic heterocycles. The smallest absolute Gasteiger partial charge is 0.164 e. The van der Waals surface area contributed by atoms with E-state index in [1.807, 2.05) is 180 Å². The van der Waals surface area contributed by atoms with E-state index in [2.05, 4.69) is 346 Å². The zero-order valence-corrected chi connectivity index (χ0v) is 82.7. The Bertz CT molecular complexity index is 10200. The molecule has 12 nitrogen and oxygen atoms in total. The van der Waals surface area contributed by atoms with Crippen LogP contribution in [-0.2, 0) is 0 Å². The molecule has 30 rings (SSSR count). The van der Waals surface area contributed by atoms with Crippen LogP contribution in [0.5, 0.6) is 0 Å². The second-order valence-corrected chi connectivity index (χ2v) is 40.4. The van der Waals surface area contributed by atoms with Crippen molar-refractivity contribution >= 4 is 160 Å². The van der Waals surface area contributed by atoms with Crippen LogP contribution in [0.3, 0.4) is 0 Å². The first kappa shape index (κ1) is 88.4. The van der Waals surface area contributed by atoms with E-state index in [0.717, 1.165) is 166 Å². The topological polar surface area (TPSA) is 155 Å². The van der Waals surface area contributed by atoms with Crippen LogP contribution in [0, 0.1) is 0 Å². The number of hydrogen-bond acceptors (Lipinski definition) is 15. The van der Waals surface area contributed by atoms with Gasteiger partial charge in [-0.15, -0.1) is 34.0 Å². The van der Waals surface area contributed by atoms with Crippen LogP contribution in [0.15, 0.2) is 505 Å². The fourth-order valence-corrected chi connectivity index (χ4v) is 24.4. The van der Waals surface area contributed by atoms with Gasteiger partial charge in [-0.25, -0.2) is 44.9 Å². The van der Waals surface area contributed by atoms with Gasteiger partial charge < -0.3 is 13.3 Å². The maximum atomic E-state index is 6.33. The fraction of sp³-hybridized carbons (Fsp3) is 0. The summed E-state index contributed by atoms with van der Waals surface area (Å²) in [5.41, 5.74) is 27.1. The van der Waals surface area contributed by atoms with E-state index in [4.69, 9.17) is 58.1 Å². The molecular formula is C135H81N9O3S3. The van der Waals surface area contributed by atoms with Gasteiger partial charge in [0.2, 0.25) is 0 Å². The minimum Gasteiger partial charge on any atom is -0.456 e. The van der Waals surface area contributed by atoms with E-state index in [9.17, 15) is 0 Å². The van der Waals surface area contributed by atoms with Gasteiger partial charge in [-0.1, -0.05) is 400 Å². The molecule has 0 radical (unpaired) electrons. The molecule has 0 unspecified atom stereocenters. The van der Waals surface area contributed by atoms with Crippen molar-refractivity contribution in [3.05, 3.63) is 491 Å². The van der Waals surface area contributed by atoms with Crippen molar-refractivity contribution < 1.29 is 13.3 Å². The van der Waals surface area contributed by atoms with Gasteiger partial charge in [-0.2, -0.15) is 0 Å². The van der Waals surface area contributed by atoms with Crippen molar-refractivity contribution in [1.82, 2.24) is 44.9 Å². The van der Waals surface area contributed by atoms with E-state index in [1.165, 1.54) is 77.2 Å². The number of hydrogen-bond donors (Lipinski definition) is 0. The summed E-state index contributed by atoms with van der Waals surface area (Å²) in [7, 11) is 0. The number of aromatic nitrogens is 9. The van der Waals surface area contributed by atoms with Crippen LogP contribution in [0.4, 0.5) is 0 Å². The van der Waals surface area contributed by atoms with E-state index >= 15 is 0 Å². The van der Waals surface area contributed by atoms with Crippen molar-refractivity contribution in [3.63, 3.8) is 0 Å². The van der Waals surface area contributed by atoms with Crippen molar-refractivity contribution in [3.8, 4) is 169 Å². The highest BCUT2D eigenvalue weighted by molar-refractivity contribution is 7.27. The maximum absolute atomic E-state index is 6.33. The minimum atomic E-state index is 0.606. The average molecular weight is 1970 g/mol. The molecule has 0 atom stereocenters. The summed E-state index contributed by atoms with van der Waals surface area (Å²) in [6.45, 7) is 0. The Balaban J connectivity index is 0.000000108. The standard InChI is InChI=1S/C45H27N3O2.C45H27N3OS.C45H27N3S2/c1-2-10-28(11-3-1)43-46-44(33-14-8-12-29(24-33)31-20-22-37-35-16-4-6-18-39(35)49-41(37)26-31)48-45(47-43)34-15-9-13-30(25-34)32-21-23-38-36-17-5-7-19-40(36)50-42(38)27-32;1-2-11-29(12-3-1)43-46-44(30-25-23-28(24-26-30)33-17-9-19-37-35-15-4-6-21-39(35)49-41(33)37)48-45(47-43)32-14-8-13-31(27-32)34-18-10-20-38-36-16-5-7-22-40(36)50-42(34)38;1-2-12-28(13-3-1)43-46-44(31-16-8-14-29(26-31)33-20-10-22-37-35-18-4-6-24-39(35)49-41(33)37)48-45(47-43)32-17-9-15-30(27-32)34-21-11-23-38-36-19-5-7-25-40(36)50-42(34)38/h3*1-27H. The summed E-state index contributed by atoms with van der Waals surface area (Å²) in [5, 5.41) is 14.4. The highest BCUT2D eigenvalue weighted by atomic mass is 32.1. The number of fused-ring (bicyclic) bond motifs is 18. The van der Waals surface area contributed by atoms with Crippen molar-refractivity contribution in [2.24, 2.45) is 0 Å². The molecule has 0 N–H and O–H groups in total. The largest absolute Gasteiger partial charge is 0.456 e. The Morgan fingerprint density at radius 1 is 0.127 bits per heavy atom. The molecule has 0 bridgehead atoms. The van der Waals surface area contributed by atoms with Gasteiger partial charge in [0, 0.05) is 148 Å². The number of thiophene rings is 3. The van der Waals surface area contributed by atoms with Crippen molar-refractivity contribution in [1.29, 1.82) is 0 Å². The lowest BCUT2D eigenvalue weighted by Gasteiger charge is -2.11. The second kappa shape index (κ2) is 37.7. The van der Waals surface area contributed by atoms with Crippen LogP contribution in [0.1, 0.15) is 0 Å². The Morgan fingerprint density at radius 3 is 0.700 bits per heavy atom. The third kappa shape index (κ3) is 16.5. The zero-order valence-electron chi connectivity index (χ0n) is 80.2. The van der Waals surface area contributed by atoms with Gasteiger partial charge in [-0.05, 0) is 152 Å². The molecule has 0 saturated carbocycles. The van der Waals surface area contributed by atoms with Crippen LogP contribution in [0.2, 0.25) is 0 Å². The molecule has 0 fully saturated rings. The highest BCUT2D eigenvalue weighted by Crippen LogP contribution is 2.48. The third-order valence-electron chi connectivity index (χ3n) is 28.0. The lowest BCUT2D eigenvalue weighted by atomic mass is 10.00. The summed E-state index contributed by atoms with van der Waals surface area (Å²) in [6, 6.07) is 170. The van der Waals surface area contributed by atoms with E-state index in [0.29, 0.717) is 52.4 Å². The average Bonchev–Trinajstić information content (AvgIpc) is 1.59. The first-order valence-electron chi connectivity index (χ1n) is 49.8. The number of rotatable bonds is 15. The van der Waals surface area contributed by atoms with E-state index < -0.39 is 0 Å². The SMILES string of the molecule is c1ccc(-c2nc(-c3ccc(-c4cccc5c4oc4ccccc45)cc3)nc(-c3cccc(-c4cccc5c4sc4ccccc45)c3)n2)cc1.c1ccc(-c2nc(-c3cccc(-c4ccc5c(c4)oc4ccccc45)c3)nc(-c3cccc(-c4ccc5c(c4)oc4ccccc45)c3)n2)cc1.c1ccc(-c2nc(-c3cccc(-c4cccc5c4sc4ccccc45)c3)nc(-c3cccc(-c4cccc5c4sc4ccccc45)c3)n2)cc1. The Morgan fingerprint density at radius 2 is 0.347 bits per heavy atom. The Kier molecular flexibility index (Phi) is 22.2. The van der Waals surface area contributed by atoms with Gasteiger partial charge in [0.05, 0.1) is 0 Å². The molecule has 702 valence electrons. The number of para-hydroxylation sites is 4. The zero-order chi connectivity index (χ0) is 99.1. The van der Waals surface area contributed by atoms with Crippen LogP contribution in [-0.4, -0.2) is 44.9 Å². The van der Waals surface area contributed by atoms with Gasteiger partial charge >= 0.3 is 0 Å². The summed E-state index contributed by atoms with van der Waals surface area (Å²) >= 11 is 5.53. The first-order valence-corrected chi connectivity index (χ1v) is 52.3. The van der Waals surface area contributed by atoms with Crippen LogP contribution < -0.4 is 0 Å². The molecule has 0 aliphatic rings. The van der Waals surface area contributed by atoms with Crippen LogP contribution >= 0.6 is 34.0 Å². The highest BCUT2D eigenvalue weighted by Gasteiger charge is 2.24. The van der Waals surface area contributed by atoms with E-state index in [-0.39, 0.29) is 0 Å². The molecule has 9 aromatic heterocycles. The number of nitrogens with zero attached hydrogens (tertiary/aromatic N) is 9. The molecule has 15 heteroatoms. The molecular weight excluding hydrogens is 1890 g/mol. The monoisotopic (exact) mass is 1970 g/mol. The molecule has 30 aromatic rings. The van der Waals surface area contributed by atoms with Crippen molar-refractivity contribution in [2.45, 2.75) is 0 Å². The summed E-state index contributed by atoms with van der Waals surface area (Å²) in [4.78, 5) is 45.4. The predicted molar refractivity (Wildman–Crippen MR) is 622 cm³/mol. The molecule has 9 heterocycles. The first-order chi connectivity index (χ1) is 74.3. The Hall–Kier alpha value is -19.3. The maximum Gasteiger partial charge on any atom is 0.164 e. The molecule has 0 spiro atoms. The fourth-order valence-electron chi connectivity index (χ4n) is 20.7. The summed E-state index contributed by atoms with van der Waals surface area (Å²) in [5.74, 6) is 5.68. The Labute approximate surface area is 872 Å². The van der Waals surface area contributed by atoms with E-state index in [1.54, 1.807) is 0 Å². The molecule has 150 heavy (non-hydrogen) atoms. The molecule has 0 amide bonds. The number of furan rings is 3. The lowest BCUT2D eigenvalue weighted by molar-refractivity contribution is 0.668. The van der Waals surface area contributed by atoms with Crippen molar-refractivity contribution in [2.75, 3.05) is 0 Å². The lowest BCUT2D eigenvalue weighted by Crippen LogP contribution is -2.00.